The summed E-state index contributed by atoms with van der Waals surface area (Å²) >= 11 is 0. The summed E-state index contributed by atoms with van der Waals surface area (Å²) in [6, 6.07) is 14.4. The number of carbonyl (C=O) groups is 2. The van der Waals surface area contributed by atoms with Gasteiger partial charge in [-0.05, 0) is 84.8 Å². The molecule has 0 fully saturated rings. The van der Waals surface area contributed by atoms with Crippen molar-refractivity contribution in [1.82, 2.24) is 0 Å². The van der Waals surface area contributed by atoms with Crippen LogP contribution >= 0.6 is 0 Å². The Hall–Kier alpha value is -2.74. The van der Waals surface area contributed by atoms with E-state index in [1.54, 1.807) is 0 Å². The molecule has 2 nitrogen and oxygen atoms in total. The van der Waals surface area contributed by atoms with E-state index in [0.29, 0.717) is 12.8 Å². The van der Waals surface area contributed by atoms with E-state index in [-0.39, 0.29) is 11.6 Å². The SMILES string of the molecule is Cc1ccc2cc3c(cc2c1)CC(=O)C(Cc1ccc(C)c(C)c1C)C3=O. The second kappa shape index (κ2) is 6.45. The molecule has 0 spiro atoms. The molecule has 0 aliphatic heterocycles. The van der Waals surface area contributed by atoms with Crippen molar-refractivity contribution >= 4 is 22.3 Å². The molecule has 0 saturated heterocycles. The van der Waals surface area contributed by atoms with Gasteiger partial charge in [-0.15, -0.1) is 0 Å². The number of ketones is 2. The van der Waals surface area contributed by atoms with Crippen LogP contribution in [0.1, 0.15) is 43.7 Å². The monoisotopic (exact) mass is 356 g/mol. The molecule has 3 aromatic carbocycles. The average molecular weight is 356 g/mol. The summed E-state index contributed by atoms with van der Waals surface area (Å²) in [5.41, 5.74) is 7.54. The molecule has 136 valence electrons. The van der Waals surface area contributed by atoms with Crippen LogP contribution in [-0.2, 0) is 17.6 Å². The summed E-state index contributed by atoms with van der Waals surface area (Å²) in [5, 5.41) is 2.15. The first-order chi connectivity index (χ1) is 12.8. The fourth-order valence-electron chi connectivity index (χ4n) is 4.14. The van der Waals surface area contributed by atoms with Crippen LogP contribution < -0.4 is 0 Å². The number of fused-ring (bicyclic) bond motifs is 2. The first-order valence-electron chi connectivity index (χ1n) is 9.51. The van der Waals surface area contributed by atoms with Crippen molar-refractivity contribution in [3.63, 3.8) is 0 Å². The summed E-state index contributed by atoms with van der Waals surface area (Å²) < 4.78 is 0. The Morgan fingerprint density at radius 3 is 2.41 bits per heavy atom. The molecule has 0 amide bonds. The zero-order valence-electron chi connectivity index (χ0n) is 16.3. The maximum Gasteiger partial charge on any atom is 0.173 e. The Morgan fingerprint density at radius 2 is 1.63 bits per heavy atom. The highest BCUT2D eigenvalue weighted by Crippen LogP contribution is 2.31. The molecule has 0 N–H and O–H groups in total. The van der Waals surface area contributed by atoms with Crippen molar-refractivity contribution in [2.45, 2.75) is 40.5 Å². The van der Waals surface area contributed by atoms with E-state index in [2.05, 4.69) is 58.0 Å². The average Bonchev–Trinajstić information content (AvgIpc) is 2.63. The molecule has 2 heteroatoms. The Labute approximate surface area is 160 Å². The van der Waals surface area contributed by atoms with Gasteiger partial charge in [-0.25, -0.2) is 0 Å². The predicted molar refractivity (Wildman–Crippen MR) is 110 cm³/mol. The highest BCUT2D eigenvalue weighted by Gasteiger charge is 2.34. The number of benzene rings is 3. The highest BCUT2D eigenvalue weighted by atomic mass is 16.2. The van der Waals surface area contributed by atoms with Gasteiger partial charge in [0, 0.05) is 12.0 Å². The molecule has 1 aliphatic rings. The molecule has 0 radical (unpaired) electrons. The number of Topliss-reactive ketones (excluding diaryl/α,β-unsaturated/α-hetero) is 2. The molecule has 0 saturated carbocycles. The maximum absolute atomic E-state index is 13.2. The standard InChI is InChI=1S/C25H24O2/c1-14-5-7-19-12-22-21(10-20(19)9-14)13-24(26)23(25(22)27)11-18-8-6-15(2)16(3)17(18)4/h5-10,12,23H,11,13H2,1-4H3. The maximum atomic E-state index is 13.2. The van der Waals surface area contributed by atoms with Crippen molar-refractivity contribution in [3.05, 3.63) is 81.4 Å². The van der Waals surface area contributed by atoms with E-state index >= 15 is 0 Å². The van der Waals surface area contributed by atoms with Crippen LogP contribution in [0.5, 0.6) is 0 Å². The van der Waals surface area contributed by atoms with Crippen molar-refractivity contribution in [3.8, 4) is 0 Å². The number of hydrogen-bond acceptors (Lipinski definition) is 2. The van der Waals surface area contributed by atoms with Gasteiger partial charge in [-0.1, -0.05) is 35.9 Å². The second-order valence-corrected chi connectivity index (χ2v) is 7.92. The van der Waals surface area contributed by atoms with Crippen LogP contribution in [0.2, 0.25) is 0 Å². The van der Waals surface area contributed by atoms with Gasteiger partial charge in [0.05, 0.1) is 5.92 Å². The van der Waals surface area contributed by atoms with Crippen molar-refractivity contribution < 1.29 is 9.59 Å². The zero-order valence-corrected chi connectivity index (χ0v) is 16.3. The predicted octanol–water partition coefficient (Wildman–Crippen LogP) is 5.24. The van der Waals surface area contributed by atoms with Crippen LogP contribution in [-0.4, -0.2) is 11.6 Å². The first-order valence-corrected chi connectivity index (χ1v) is 9.51. The van der Waals surface area contributed by atoms with Gasteiger partial charge in [0.15, 0.2) is 5.78 Å². The summed E-state index contributed by atoms with van der Waals surface area (Å²) in [6.07, 6.45) is 0.843. The lowest BCUT2D eigenvalue weighted by Crippen LogP contribution is -2.33. The Morgan fingerprint density at radius 1 is 0.852 bits per heavy atom. The summed E-state index contributed by atoms with van der Waals surface area (Å²) in [6.45, 7) is 8.32. The van der Waals surface area contributed by atoms with E-state index in [4.69, 9.17) is 0 Å². The van der Waals surface area contributed by atoms with Crippen LogP contribution in [0.25, 0.3) is 10.8 Å². The molecular formula is C25H24O2. The van der Waals surface area contributed by atoms with E-state index in [1.165, 1.54) is 22.3 Å². The van der Waals surface area contributed by atoms with Gasteiger partial charge in [0.25, 0.3) is 0 Å². The molecule has 4 rings (SSSR count). The molecule has 1 aliphatic carbocycles. The lowest BCUT2D eigenvalue weighted by atomic mass is 9.77. The second-order valence-electron chi connectivity index (χ2n) is 7.92. The van der Waals surface area contributed by atoms with Gasteiger partial charge >= 0.3 is 0 Å². The van der Waals surface area contributed by atoms with E-state index in [1.807, 2.05) is 12.1 Å². The molecule has 3 aromatic rings. The minimum atomic E-state index is -0.568. The number of hydrogen-bond donors (Lipinski definition) is 0. The van der Waals surface area contributed by atoms with Gasteiger partial charge in [0.1, 0.15) is 5.78 Å². The van der Waals surface area contributed by atoms with Gasteiger partial charge in [-0.3, -0.25) is 9.59 Å². The van der Waals surface area contributed by atoms with Crippen LogP contribution in [0.4, 0.5) is 0 Å². The van der Waals surface area contributed by atoms with Crippen molar-refractivity contribution in [2.75, 3.05) is 0 Å². The molecule has 1 unspecified atom stereocenters. The minimum Gasteiger partial charge on any atom is -0.299 e. The third-order valence-electron chi connectivity index (χ3n) is 6.15. The molecule has 0 aromatic heterocycles. The van der Waals surface area contributed by atoms with Crippen molar-refractivity contribution in [1.29, 1.82) is 0 Å². The summed E-state index contributed by atoms with van der Waals surface area (Å²) in [5.74, 6) is -0.556. The van der Waals surface area contributed by atoms with E-state index < -0.39 is 5.92 Å². The third kappa shape index (κ3) is 2.99. The lowest BCUT2D eigenvalue weighted by Gasteiger charge is -2.24. The van der Waals surface area contributed by atoms with Gasteiger partial charge < -0.3 is 0 Å². The normalized spacial score (nSPS) is 16.7. The summed E-state index contributed by atoms with van der Waals surface area (Å²) in [7, 11) is 0. The van der Waals surface area contributed by atoms with Gasteiger partial charge in [-0.2, -0.15) is 0 Å². The number of rotatable bonds is 2. The molecular weight excluding hydrogens is 332 g/mol. The van der Waals surface area contributed by atoms with E-state index in [0.717, 1.165) is 27.5 Å². The first kappa shape index (κ1) is 17.7. The van der Waals surface area contributed by atoms with Gasteiger partial charge in [0.2, 0.25) is 0 Å². The van der Waals surface area contributed by atoms with E-state index in [9.17, 15) is 9.59 Å². The topological polar surface area (TPSA) is 34.1 Å². The third-order valence-corrected chi connectivity index (χ3v) is 6.15. The van der Waals surface area contributed by atoms with Crippen LogP contribution in [0, 0.1) is 33.6 Å². The Kier molecular flexibility index (Phi) is 4.22. The molecule has 27 heavy (non-hydrogen) atoms. The zero-order chi connectivity index (χ0) is 19.3. The Balaban J connectivity index is 1.74. The fraction of sp³-hybridized carbons (Fsp3) is 0.280. The quantitative estimate of drug-likeness (QED) is 0.588. The minimum absolute atomic E-state index is 0.0265. The van der Waals surface area contributed by atoms with Crippen LogP contribution in [0.3, 0.4) is 0 Å². The molecule has 0 bridgehead atoms. The van der Waals surface area contributed by atoms with Crippen LogP contribution in [0.15, 0.2) is 42.5 Å². The highest BCUT2D eigenvalue weighted by molar-refractivity contribution is 6.16. The number of aryl methyl sites for hydroxylation is 2. The fourth-order valence-corrected chi connectivity index (χ4v) is 4.14. The van der Waals surface area contributed by atoms with Crippen molar-refractivity contribution in [2.24, 2.45) is 5.92 Å². The lowest BCUT2D eigenvalue weighted by molar-refractivity contribution is -0.121. The number of carbonyl (C=O) groups excluding carboxylic acids is 2. The smallest absolute Gasteiger partial charge is 0.173 e. The largest absolute Gasteiger partial charge is 0.299 e. The molecule has 1 atom stereocenters. The Bertz CT molecular complexity index is 1100. The summed E-state index contributed by atoms with van der Waals surface area (Å²) in [4.78, 5) is 26.0. The molecule has 0 heterocycles.